The fourth-order valence-corrected chi connectivity index (χ4v) is 3.21. The normalized spacial score (nSPS) is 12.1. The molecule has 6 heteroatoms. The second kappa shape index (κ2) is 6.86. The number of halogens is 4. The van der Waals surface area contributed by atoms with Gasteiger partial charge < -0.3 is 9.47 Å². The zero-order valence-corrected chi connectivity index (χ0v) is 14.4. The molecule has 112 valence electrons. The smallest absolute Gasteiger partial charge is 0.145 e. The maximum Gasteiger partial charge on any atom is 0.145 e. The minimum absolute atomic E-state index is 0.337. The Morgan fingerprint density at radius 1 is 1.05 bits per heavy atom. The summed E-state index contributed by atoms with van der Waals surface area (Å²) in [6.45, 7) is 0. The molecule has 0 aliphatic heterocycles. The van der Waals surface area contributed by atoms with Gasteiger partial charge in [-0.25, -0.2) is 4.39 Å². The van der Waals surface area contributed by atoms with E-state index in [1.54, 1.807) is 18.2 Å². The first kappa shape index (κ1) is 16.4. The highest BCUT2D eigenvalue weighted by Gasteiger charge is 2.22. The van der Waals surface area contributed by atoms with Crippen LogP contribution in [-0.2, 0) is 0 Å². The van der Waals surface area contributed by atoms with Crippen LogP contribution in [0.25, 0.3) is 0 Å². The lowest BCUT2D eigenvalue weighted by atomic mass is 10.0. The van der Waals surface area contributed by atoms with Crippen molar-refractivity contribution >= 4 is 39.1 Å². The Hall–Kier alpha value is -0.970. The Balaban J connectivity index is 2.55. The molecule has 2 aromatic carbocycles. The number of alkyl halides is 1. The van der Waals surface area contributed by atoms with E-state index in [0.29, 0.717) is 32.7 Å². The third-order valence-electron chi connectivity index (χ3n) is 3.02. The van der Waals surface area contributed by atoms with Gasteiger partial charge in [0, 0.05) is 16.1 Å². The fraction of sp³-hybridized carbons (Fsp3) is 0.200. The summed E-state index contributed by atoms with van der Waals surface area (Å²) in [4.78, 5) is -0.449. The van der Waals surface area contributed by atoms with Gasteiger partial charge in [0.15, 0.2) is 0 Å². The van der Waals surface area contributed by atoms with E-state index in [2.05, 4.69) is 15.9 Å². The number of hydrogen-bond acceptors (Lipinski definition) is 2. The molecule has 0 saturated heterocycles. The van der Waals surface area contributed by atoms with Crippen LogP contribution in [0.1, 0.15) is 16.0 Å². The number of methoxy groups -OCH3 is 2. The van der Waals surface area contributed by atoms with E-state index >= 15 is 0 Å². The molecule has 0 amide bonds. The third kappa shape index (κ3) is 3.28. The van der Waals surface area contributed by atoms with Gasteiger partial charge in [0.2, 0.25) is 0 Å². The average Bonchev–Trinajstić information content (AvgIpc) is 2.48. The molecule has 0 radical (unpaired) electrons. The predicted octanol–water partition coefficient (Wildman–Crippen LogP) is 5.63. The molecule has 0 aliphatic carbocycles. The van der Waals surface area contributed by atoms with Gasteiger partial charge in [-0.3, -0.25) is 0 Å². The van der Waals surface area contributed by atoms with Crippen LogP contribution in [-0.4, -0.2) is 14.2 Å². The summed E-state index contributed by atoms with van der Waals surface area (Å²) < 4.78 is 24.5. The van der Waals surface area contributed by atoms with Gasteiger partial charge in [-0.2, -0.15) is 0 Å². The number of benzene rings is 2. The molecule has 0 aromatic heterocycles. The summed E-state index contributed by atoms with van der Waals surface area (Å²) in [5, 5.41) is 0.791. The molecule has 0 saturated carbocycles. The lowest BCUT2D eigenvalue weighted by Crippen LogP contribution is -2.01. The Kier molecular flexibility index (Phi) is 5.36. The summed E-state index contributed by atoms with van der Waals surface area (Å²) in [6, 6.07) is 7.86. The van der Waals surface area contributed by atoms with Crippen LogP contribution in [0.5, 0.6) is 11.5 Å². The van der Waals surface area contributed by atoms with Gasteiger partial charge in [0.05, 0.1) is 19.0 Å². The molecule has 1 atom stereocenters. The van der Waals surface area contributed by atoms with Crippen LogP contribution < -0.4 is 9.47 Å². The Morgan fingerprint density at radius 3 is 2.38 bits per heavy atom. The van der Waals surface area contributed by atoms with E-state index in [0.717, 1.165) is 0 Å². The Morgan fingerprint density at radius 2 is 1.76 bits per heavy atom. The van der Waals surface area contributed by atoms with Gasteiger partial charge >= 0.3 is 0 Å². The second-order valence-electron chi connectivity index (χ2n) is 4.23. The molecule has 1 unspecified atom stereocenters. The summed E-state index contributed by atoms with van der Waals surface area (Å²) in [7, 11) is 3.01. The van der Waals surface area contributed by atoms with Crippen molar-refractivity contribution < 1.29 is 13.9 Å². The van der Waals surface area contributed by atoms with Crippen LogP contribution in [0, 0.1) is 5.82 Å². The van der Waals surface area contributed by atoms with E-state index in [9.17, 15) is 4.39 Å². The van der Waals surface area contributed by atoms with E-state index in [-0.39, 0.29) is 5.82 Å². The molecule has 2 nitrogen and oxygen atoms in total. The van der Waals surface area contributed by atoms with Crippen molar-refractivity contribution in [3.05, 3.63) is 57.3 Å². The zero-order chi connectivity index (χ0) is 15.6. The third-order valence-corrected chi connectivity index (χ3v) is 4.60. The van der Waals surface area contributed by atoms with Gasteiger partial charge in [0.1, 0.15) is 22.3 Å². The van der Waals surface area contributed by atoms with Crippen molar-refractivity contribution in [2.24, 2.45) is 0 Å². The number of rotatable bonds is 4. The van der Waals surface area contributed by atoms with Crippen LogP contribution in [0.15, 0.2) is 30.3 Å². The molecular formula is C15H12BrCl2FO2. The molecule has 0 bridgehead atoms. The molecule has 21 heavy (non-hydrogen) atoms. The van der Waals surface area contributed by atoms with Crippen LogP contribution in [0.2, 0.25) is 10.0 Å². The zero-order valence-electron chi connectivity index (χ0n) is 11.3. The molecule has 2 rings (SSSR count). The molecule has 0 heterocycles. The van der Waals surface area contributed by atoms with E-state index in [1.165, 1.54) is 26.4 Å². The average molecular weight is 394 g/mol. The van der Waals surface area contributed by atoms with Crippen molar-refractivity contribution in [2.45, 2.75) is 4.83 Å². The predicted molar refractivity (Wildman–Crippen MR) is 86.7 cm³/mol. The minimum Gasteiger partial charge on any atom is -0.495 e. The molecular weight excluding hydrogens is 382 g/mol. The maximum atomic E-state index is 14.0. The van der Waals surface area contributed by atoms with Gasteiger partial charge in [0.25, 0.3) is 0 Å². The van der Waals surface area contributed by atoms with Crippen LogP contribution in [0.4, 0.5) is 4.39 Å². The summed E-state index contributed by atoms with van der Waals surface area (Å²) in [5.41, 5.74) is 1.09. The first-order valence-corrected chi connectivity index (χ1v) is 7.66. The standard InChI is InChI=1S/C15H12BrCl2FO2/c1-20-12-6-4-9(15(21-2)14(12)18)13(16)10-7-8(17)3-5-11(10)19/h3-7,13H,1-2H3. The van der Waals surface area contributed by atoms with Crippen molar-refractivity contribution in [3.8, 4) is 11.5 Å². The quantitative estimate of drug-likeness (QED) is 0.626. The highest BCUT2D eigenvalue weighted by molar-refractivity contribution is 9.09. The number of ether oxygens (including phenoxy) is 2. The van der Waals surface area contributed by atoms with E-state index < -0.39 is 4.83 Å². The van der Waals surface area contributed by atoms with Crippen molar-refractivity contribution in [3.63, 3.8) is 0 Å². The SMILES string of the molecule is COc1ccc(C(Br)c2cc(Cl)ccc2F)c(OC)c1Cl. The summed E-state index contributed by atoms with van der Waals surface area (Å²) in [5.74, 6) is 0.552. The van der Waals surface area contributed by atoms with Gasteiger partial charge in [-0.05, 0) is 24.3 Å². The lowest BCUT2D eigenvalue weighted by Gasteiger charge is -2.18. The van der Waals surface area contributed by atoms with Crippen LogP contribution in [0.3, 0.4) is 0 Å². The second-order valence-corrected chi connectivity index (χ2v) is 5.96. The summed E-state index contributed by atoms with van der Waals surface area (Å²) >= 11 is 15.6. The van der Waals surface area contributed by atoms with Crippen molar-refractivity contribution in [2.75, 3.05) is 14.2 Å². The van der Waals surface area contributed by atoms with E-state index in [4.69, 9.17) is 32.7 Å². The fourth-order valence-electron chi connectivity index (χ4n) is 1.99. The van der Waals surface area contributed by atoms with Crippen molar-refractivity contribution in [1.29, 1.82) is 0 Å². The van der Waals surface area contributed by atoms with Gasteiger partial charge in [-0.1, -0.05) is 45.2 Å². The molecule has 0 N–H and O–H groups in total. The summed E-state index contributed by atoms with van der Waals surface area (Å²) in [6.07, 6.45) is 0. The minimum atomic E-state index is -0.449. The highest BCUT2D eigenvalue weighted by atomic mass is 79.9. The largest absolute Gasteiger partial charge is 0.495 e. The molecule has 0 spiro atoms. The maximum absolute atomic E-state index is 14.0. The first-order chi connectivity index (χ1) is 9.99. The van der Waals surface area contributed by atoms with E-state index in [1.807, 2.05) is 0 Å². The monoisotopic (exact) mass is 392 g/mol. The highest BCUT2D eigenvalue weighted by Crippen LogP contribution is 2.44. The topological polar surface area (TPSA) is 18.5 Å². The van der Waals surface area contributed by atoms with Gasteiger partial charge in [-0.15, -0.1) is 0 Å². The van der Waals surface area contributed by atoms with Crippen LogP contribution >= 0.6 is 39.1 Å². The first-order valence-electron chi connectivity index (χ1n) is 5.99. The molecule has 0 fully saturated rings. The Bertz CT molecular complexity index is 664. The number of hydrogen-bond donors (Lipinski definition) is 0. The Labute approximate surface area is 140 Å². The lowest BCUT2D eigenvalue weighted by molar-refractivity contribution is 0.392. The van der Waals surface area contributed by atoms with Crippen molar-refractivity contribution in [1.82, 2.24) is 0 Å². The molecule has 0 aliphatic rings. The molecule has 2 aromatic rings.